The van der Waals surface area contributed by atoms with Gasteiger partial charge in [-0.15, -0.1) is 0 Å². The molecule has 0 aliphatic carbocycles. The Morgan fingerprint density at radius 3 is 2.71 bits per heavy atom. The minimum Gasteiger partial charge on any atom is -0.388 e. The van der Waals surface area contributed by atoms with Gasteiger partial charge in [-0.3, -0.25) is 14.3 Å². The van der Waals surface area contributed by atoms with Gasteiger partial charge < -0.3 is 19.9 Å². The highest BCUT2D eigenvalue weighted by Crippen LogP contribution is 2.35. The van der Waals surface area contributed by atoms with E-state index in [0.717, 1.165) is 5.69 Å². The molecule has 4 aromatic rings. The van der Waals surface area contributed by atoms with Crippen LogP contribution in [0.3, 0.4) is 0 Å². The van der Waals surface area contributed by atoms with E-state index in [2.05, 4.69) is 25.3 Å². The smallest absolute Gasteiger partial charge is 0.256 e. The summed E-state index contributed by atoms with van der Waals surface area (Å²) in [5.41, 5.74) is 2.12. The summed E-state index contributed by atoms with van der Waals surface area (Å²) in [6.45, 7) is 2.16. The van der Waals surface area contributed by atoms with Crippen LogP contribution in [0.2, 0.25) is 0 Å². The number of carbonyl (C=O) groups excluding carboxylic acids is 1. The van der Waals surface area contributed by atoms with Gasteiger partial charge in [0.15, 0.2) is 23.2 Å². The van der Waals surface area contributed by atoms with Crippen LogP contribution in [0.1, 0.15) is 35.6 Å². The summed E-state index contributed by atoms with van der Waals surface area (Å²) in [6.07, 6.45) is 2.64. The Morgan fingerprint density at radius 2 is 1.94 bits per heavy atom. The molecule has 2 N–H and O–H groups in total. The van der Waals surface area contributed by atoms with Gasteiger partial charge in [0.2, 0.25) is 0 Å². The van der Waals surface area contributed by atoms with E-state index in [1.165, 1.54) is 6.33 Å². The lowest BCUT2D eigenvalue weighted by Crippen LogP contribution is -2.34. The zero-order valence-corrected chi connectivity index (χ0v) is 18.5. The third-order valence-corrected chi connectivity index (χ3v) is 5.77. The topological polar surface area (TPSA) is 124 Å². The lowest BCUT2D eigenvalue weighted by Gasteiger charge is -2.22. The number of rotatable bonds is 7. The first-order chi connectivity index (χ1) is 16.7. The summed E-state index contributed by atoms with van der Waals surface area (Å²) in [5.74, 6) is -0.0144. The predicted octanol–water partition coefficient (Wildman–Crippen LogP) is 2.73. The molecule has 10 nitrogen and oxygen atoms in total. The highest BCUT2D eigenvalue weighted by Gasteiger charge is 2.45. The number of aliphatic hydroxyl groups is 1. The van der Waals surface area contributed by atoms with Gasteiger partial charge in [-0.25, -0.2) is 15.0 Å². The van der Waals surface area contributed by atoms with Crippen molar-refractivity contribution >= 4 is 22.9 Å². The van der Waals surface area contributed by atoms with Gasteiger partial charge >= 0.3 is 0 Å². The number of aliphatic hydroxyl groups excluding tert-OH is 1. The second-order valence-electron chi connectivity index (χ2n) is 7.93. The molecule has 34 heavy (non-hydrogen) atoms. The van der Waals surface area contributed by atoms with Crippen molar-refractivity contribution in [2.24, 2.45) is 0 Å². The van der Waals surface area contributed by atoms with Crippen LogP contribution in [0.4, 0.5) is 5.82 Å². The number of hydrogen-bond acceptors (Lipinski definition) is 8. The molecule has 1 unspecified atom stereocenters. The molecule has 1 saturated heterocycles. The molecule has 1 fully saturated rings. The molecule has 1 aliphatic heterocycles. The Bertz CT molecular complexity index is 1270. The minimum atomic E-state index is -0.838. The Morgan fingerprint density at radius 1 is 1.12 bits per heavy atom. The van der Waals surface area contributed by atoms with Crippen LogP contribution >= 0.6 is 0 Å². The largest absolute Gasteiger partial charge is 0.388 e. The SMILES string of the molecule is CC[C@H]1O[C@@H](n2cnc3c(NC(=O)c4ccccc4)ncnc32)[C@@H](OCc2ccccn2)C1O. The van der Waals surface area contributed by atoms with Crippen LogP contribution in [0.25, 0.3) is 11.2 Å². The van der Waals surface area contributed by atoms with Crippen LogP contribution < -0.4 is 5.32 Å². The van der Waals surface area contributed by atoms with Gasteiger partial charge in [-0.2, -0.15) is 0 Å². The molecule has 174 valence electrons. The van der Waals surface area contributed by atoms with Crippen molar-refractivity contribution in [1.29, 1.82) is 0 Å². The van der Waals surface area contributed by atoms with Crippen LogP contribution in [-0.4, -0.2) is 53.8 Å². The van der Waals surface area contributed by atoms with Gasteiger partial charge in [0, 0.05) is 11.8 Å². The summed E-state index contributed by atoms with van der Waals surface area (Å²) in [5, 5.41) is 13.7. The molecule has 10 heteroatoms. The maximum absolute atomic E-state index is 12.6. The van der Waals surface area contributed by atoms with E-state index in [0.29, 0.717) is 23.1 Å². The number of benzene rings is 1. The quantitative estimate of drug-likeness (QED) is 0.431. The summed E-state index contributed by atoms with van der Waals surface area (Å²) in [4.78, 5) is 29.9. The predicted molar refractivity (Wildman–Crippen MR) is 123 cm³/mol. The Kier molecular flexibility index (Phi) is 6.26. The fourth-order valence-electron chi connectivity index (χ4n) is 4.02. The Labute approximate surface area is 195 Å². The summed E-state index contributed by atoms with van der Waals surface area (Å²) in [6, 6.07) is 14.4. The van der Waals surface area contributed by atoms with Gasteiger partial charge in [0.05, 0.1) is 24.7 Å². The summed E-state index contributed by atoms with van der Waals surface area (Å²) < 4.78 is 13.9. The third kappa shape index (κ3) is 4.26. The first kappa shape index (κ1) is 22.1. The number of amides is 1. The van der Waals surface area contributed by atoms with Crippen LogP contribution in [0.5, 0.6) is 0 Å². The minimum absolute atomic E-state index is 0.221. The normalized spacial score (nSPS) is 22.2. The van der Waals surface area contributed by atoms with E-state index in [1.54, 1.807) is 41.4 Å². The molecule has 4 heterocycles. The van der Waals surface area contributed by atoms with Crippen molar-refractivity contribution in [3.63, 3.8) is 0 Å². The molecular weight excluding hydrogens is 436 g/mol. The van der Waals surface area contributed by atoms with Crippen molar-refractivity contribution in [3.05, 3.63) is 78.6 Å². The second-order valence-corrected chi connectivity index (χ2v) is 7.93. The molecule has 5 rings (SSSR count). The lowest BCUT2D eigenvalue weighted by atomic mass is 10.1. The molecule has 0 saturated carbocycles. The number of aromatic nitrogens is 5. The third-order valence-electron chi connectivity index (χ3n) is 5.77. The number of imidazole rings is 1. The fraction of sp³-hybridized carbons (Fsp3) is 0.292. The highest BCUT2D eigenvalue weighted by molar-refractivity contribution is 6.06. The van der Waals surface area contributed by atoms with Gasteiger partial charge in [-0.05, 0) is 30.7 Å². The molecule has 0 spiro atoms. The Balaban J connectivity index is 1.43. The van der Waals surface area contributed by atoms with E-state index in [9.17, 15) is 9.90 Å². The van der Waals surface area contributed by atoms with Crippen LogP contribution in [0.15, 0.2) is 67.4 Å². The summed E-state index contributed by atoms with van der Waals surface area (Å²) >= 11 is 0. The van der Waals surface area contributed by atoms with E-state index in [4.69, 9.17) is 9.47 Å². The van der Waals surface area contributed by atoms with Gasteiger partial charge in [0.25, 0.3) is 5.91 Å². The second kappa shape index (κ2) is 9.64. The maximum Gasteiger partial charge on any atom is 0.256 e. The number of nitrogens with one attached hydrogen (secondary N) is 1. The van der Waals surface area contributed by atoms with Crippen molar-refractivity contribution in [2.75, 3.05) is 5.32 Å². The standard InChI is InChI=1S/C24H24N6O4/c1-2-17-19(31)20(33-12-16-10-6-7-11-25-16)24(34-17)30-14-28-18-21(26-13-27-22(18)30)29-23(32)15-8-4-3-5-9-15/h3-11,13-14,17,19-20,24,31H,2,12H2,1H3,(H,26,27,29,32)/t17-,19?,20+,24-/m1/s1. The van der Waals surface area contributed by atoms with E-state index < -0.39 is 24.5 Å². The molecular formula is C24H24N6O4. The molecule has 1 amide bonds. The molecule has 0 radical (unpaired) electrons. The molecule has 1 aliphatic rings. The highest BCUT2D eigenvalue weighted by atomic mass is 16.6. The van der Waals surface area contributed by atoms with E-state index >= 15 is 0 Å². The summed E-state index contributed by atoms with van der Waals surface area (Å²) in [7, 11) is 0. The van der Waals surface area contributed by atoms with Crippen molar-refractivity contribution in [1.82, 2.24) is 24.5 Å². The van der Waals surface area contributed by atoms with Gasteiger partial charge in [0.1, 0.15) is 18.5 Å². The number of pyridine rings is 1. The van der Waals surface area contributed by atoms with Crippen LogP contribution in [-0.2, 0) is 16.1 Å². The van der Waals surface area contributed by atoms with Gasteiger partial charge in [-0.1, -0.05) is 31.2 Å². The Hall–Kier alpha value is -3.73. The first-order valence-electron chi connectivity index (χ1n) is 11.0. The molecule has 3 aromatic heterocycles. The average Bonchev–Trinajstić information content (AvgIpc) is 3.45. The lowest BCUT2D eigenvalue weighted by molar-refractivity contribution is -0.0743. The first-order valence-corrected chi connectivity index (χ1v) is 11.0. The number of carbonyl (C=O) groups is 1. The van der Waals surface area contributed by atoms with E-state index in [1.807, 2.05) is 31.2 Å². The fourth-order valence-corrected chi connectivity index (χ4v) is 4.02. The molecule has 4 atom stereocenters. The number of fused-ring (bicyclic) bond motifs is 1. The number of nitrogens with zero attached hydrogens (tertiary/aromatic N) is 5. The van der Waals surface area contributed by atoms with Crippen molar-refractivity contribution < 1.29 is 19.4 Å². The number of anilines is 1. The number of hydrogen-bond donors (Lipinski definition) is 2. The maximum atomic E-state index is 12.6. The monoisotopic (exact) mass is 460 g/mol. The van der Waals surface area contributed by atoms with E-state index in [-0.39, 0.29) is 18.3 Å². The number of ether oxygens (including phenoxy) is 2. The van der Waals surface area contributed by atoms with Crippen molar-refractivity contribution in [3.8, 4) is 0 Å². The zero-order chi connectivity index (χ0) is 23.5. The average molecular weight is 460 g/mol. The van der Waals surface area contributed by atoms with Crippen LogP contribution in [0, 0.1) is 0 Å². The molecule has 1 aromatic carbocycles. The molecule has 0 bridgehead atoms. The van der Waals surface area contributed by atoms with Crippen molar-refractivity contribution in [2.45, 2.75) is 44.5 Å². The zero-order valence-electron chi connectivity index (χ0n) is 18.5.